The highest BCUT2D eigenvalue weighted by atomic mass is 16.2. The fraction of sp³-hybridized carbons (Fsp3) is 0.529. The molecule has 0 radical (unpaired) electrons. The van der Waals surface area contributed by atoms with Crippen LogP contribution < -0.4 is 10.2 Å². The van der Waals surface area contributed by atoms with Crippen LogP contribution in [0.25, 0.3) is 0 Å². The lowest BCUT2D eigenvalue weighted by Crippen LogP contribution is -2.49. The number of rotatable bonds is 0. The number of amides is 3. The van der Waals surface area contributed by atoms with Crippen molar-refractivity contribution in [1.82, 2.24) is 10.2 Å². The summed E-state index contributed by atoms with van der Waals surface area (Å²) in [5.74, 6) is 0.0970. The first-order valence-electron chi connectivity index (χ1n) is 7.69. The van der Waals surface area contributed by atoms with Gasteiger partial charge in [-0.25, -0.2) is 4.79 Å². The van der Waals surface area contributed by atoms with Crippen LogP contribution in [0.1, 0.15) is 32.8 Å². The number of likely N-dealkylation sites (N-methyl/N-ethyl adjacent to an activating group) is 1. The van der Waals surface area contributed by atoms with Gasteiger partial charge in [0.05, 0.1) is 5.41 Å². The Kier molecular flexibility index (Phi) is 3.20. The van der Waals surface area contributed by atoms with Crippen molar-refractivity contribution in [3.05, 3.63) is 29.8 Å². The van der Waals surface area contributed by atoms with Gasteiger partial charge in [-0.15, -0.1) is 0 Å². The van der Waals surface area contributed by atoms with E-state index in [1.165, 1.54) is 0 Å². The Bertz CT molecular complexity index is 635. The van der Waals surface area contributed by atoms with Gasteiger partial charge in [-0.05, 0) is 38.8 Å². The summed E-state index contributed by atoms with van der Waals surface area (Å²) < 4.78 is 0. The third-order valence-electron chi connectivity index (χ3n) is 4.53. The van der Waals surface area contributed by atoms with Crippen molar-refractivity contribution in [2.75, 3.05) is 25.0 Å². The van der Waals surface area contributed by atoms with Gasteiger partial charge in [-0.2, -0.15) is 0 Å². The van der Waals surface area contributed by atoms with Crippen LogP contribution >= 0.6 is 0 Å². The number of carbonyl (C=O) groups excluding carboxylic acids is 2. The van der Waals surface area contributed by atoms with Gasteiger partial charge in [0, 0.05) is 31.4 Å². The van der Waals surface area contributed by atoms with Gasteiger partial charge < -0.3 is 15.1 Å². The molecule has 1 atom stereocenters. The monoisotopic (exact) mass is 301 g/mol. The summed E-state index contributed by atoms with van der Waals surface area (Å²) in [5.41, 5.74) is 1.17. The number of anilines is 1. The maximum absolute atomic E-state index is 12.8. The summed E-state index contributed by atoms with van der Waals surface area (Å²) in [5, 5.41) is 2.98. The molecule has 118 valence electrons. The van der Waals surface area contributed by atoms with Crippen molar-refractivity contribution in [3.8, 4) is 0 Å². The minimum Gasteiger partial charge on any atom is -0.333 e. The Hall–Kier alpha value is -2.04. The zero-order chi connectivity index (χ0) is 16.1. The minimum atomic E-state index is -0.569. The van der Waals surface area contributed by atoms with Crippen LogP contribution in [0.4, 0.5) is 10.5 Å². The standard InChI is InChI=1S/C17H23N3O2/c1-16(2,3)18-15(22)20-10-9-17(11-20)12-7-5-6-8-13(12)19(4)14(17)21/h5-8H,9-11H2,1-4H3,(H,18,22). The van der Waals surface area contributed by atoms with Crippen LogP contribution in [0, 0.1) is 0 Å². The number of fused-ring (bicyclic) bond motifs is 2. The SMILES string of the molecule is CN1C(=O)C2(CCN(C(=O)NC(C)(C)C)C2)c2ccccc21. The Balaban J connectivity index is 1.88. The lowest BCUT2D eigenvalue weighted by molar-refractivity contribution is -0.122. The van der Waals surface area contributed by atoms with E-state index in [-0.39, 0.29) is 17.5 Å². The fourth-order valence-corrected chi connectivity index (χ4v) is 3.49. The third-order valence-corrected chi connectivity index (χ3v) is 4.53. The molecule has 1 aromatic carbocycles. The van der Waals surface area contributed by atoms with E-state index in [1.54, 1.807) is 9.80 Å². The van der Waals surface area contributed by atoms with Crippen LogP contribution in [0.3, 0.4) is 0 Å². The van der Waals surface area contributed by atoms with E-state index in [0.717, 1.165) is 11.3 Å². The first-order chi connectivity index (χ1) is 10.2. The van der Waals surface area contributed by atoms with Gasteiger partial charge in [0.15, 0.2) is 0 Å². The Morgan fingerprint density at radius 3 is 2.64 bits per heavy atom. The molecule has 5 heteroatoms. The number of carbonyl (C=O) groups is 2. The summed E-state index contributed by atoms with van der Waals surface area (Å²) in [6, 6.07) is 7.80. The molecule has 1 saturated heterocycles. The maximum Gasteiger partial charge on any atom is 0.317 e. The molecule has 1 spiro atoms. The van der Waals surface area contributed by atoms with Crippen LogP contribution in [0.5, 0.6) is 0 Å². The third kappa shape index (κ3) is 2.16. The maximum atomic E-state index is 12.8. The van der Waals surface area contributed by atoms with Crippen molar-refractivity contribution >= 4 is 17.6 Å². The van der Waals surface area contributed by atoms with E-state index in [2.05, 4.69) is 5.32 Å². The molecule has 0 saturated carbocycles. The summed E-state index contributed by atoms with van der Waals surface area (Å²) in [7, 11) is 1.81. The summed E-state index contributed by atoms with van der Waals surface area (Å²) in [6.45, 7) is 6.94. The first-order valence-corrected chi connectivity index (χ1v) is 7.69. The van der Waals surface area contributed by atoms with E-state index < -0.39 is 5.41 Å². The Morgan fingerprint density at radius 1 is 1.27 bits per heavy atom. The lowest BCUT2D eigenvalue weighted by atomic mass is 9.81. The van der Waals surface area contributed by atoms with E-state index in [4.69, 9.17) is 0 Å². The smallest absolute Gasteiger partial charge is 0.317 e. The van der Waals surface area contributed by atoms with Crippen LogP contribution in [0.15, 0.2) is 24.3 Å². The fourth-order valence-electron chi connectivity index (χ4n) is 3.49. The summed E-state index contributed by atoms with van der Waals surface area (Å²) in [6.07, 6.45) is 0.685. The van der Waals surface area contributed by atoms with Crippen molar-refractivity contribution < 1.29 is 9.59 Å². The molecule has 0 bridgehead atoms. The largest absolute Gasteiger partial charge is 0.333 e. The molecule has 3 rings (SSSR count). The number of para-hydroxylation sites is 1. The van der Waals surface area contributed by atoms with Gasteiger partial charge in [-0.3, -0.25) is 4.79 Å². The van der Waals surface area contributed by atoms with Crippen LogP contribution in [-0.2, 0) is 10.2 Å². The predicted molar refractivity (Wildman–Crippen MR) is 86.0 cm³/mol. The van der Waals surface area contributed by atoms with Crippen molar-refractivity contribution in [1.29, 1.82) is 0 Å². The number of benzene rings is 1. The quantitative estimate of drug-likeness (QED) is 0.798. The van der Waals surface area contributed by atoms with Crippen LogP contribution in [-0.4, -0.2) is 42.5 Å². The first kappa shape index (κ1) is 14.9. The molecule has 2 heterocycles. The molecule has 0 aliphatic carbocycles. The molecule has 0 aromatic heterocycles. The van der Waals surface area contributed by atoms with Gasteiger partial charge in [0.1, 0.15) is 0 Å². The average Bonchev–Trinajstić information content (AvgIpc) is 2.97. The van der Waals surface area contributed by atoms with Gasteiger partial charge in [0.2, 0.25) is 5.91 Å². The number of nitrogens with zero attached hydrogens (tertiary/aromatic N) is 2. The second-order valence-electron chi connectivity index (χ2n) is 7.32. The van der Waals surface area contributed by atoms with E-state index >= 15 is 0 Å². The van der Waals surface area contributed by atoms with E-state index in [1.807, 2.05) is 52.1 Å². The summed E-state index contributed by atoms with van der Waals surface area (Å²) >= 11 is 0. The lowest BCUT2D eigenvalue weighted by Gasteiger charge is -2.27. The molecule has 1 fully saturated rings. The molecule has 22 heavy (non-hydrogen) atoms. The molecular weight excluding hydrogens is 278 g/mol. The van der Waals surface area contributed by atoms with E-state index in [9.17, 15) is 9.59 Å². The second kappa shape index (κ2) is 4.73. The van der Waals surface area contributed by atoms with Crippen molar-refractivity contribution in [3.63, 3.8) is 0 Å². The van der Waals surface area contributed by atoms with Crippen molar-refractivity contribution in [2.45, 2.75) is 38.1 Å². The molecular formula is C17H23N3O2. The molecule has 1 unspecified atom stereocenters. The van der Waals surface area contributed by atoms with Crippen LogP contribution in [0.2, 0.25) is 0 Å². The van der Waals surface area contributed by atoms with Gasteiger partial charge in [-0.1, -0.05) is 18.2 Å². The molecule has 3 amide bonds. The Morgan fingerprint density at radius 2 is 1.95 bits per heavy atom. The number of likely N-dealkylation sites (tertiary alicyclic amines) is 1. The second-order valence-corrected chi connectivity index (χ2v) is 7.32. The minimum absolute atomic E-state index is 0.0933. The predicted octanol–water partition coefficient (Wildman–Crippen LogP) is 2.11. The summed E-state index contributed by atoms with van der Waals surface area (Å²) in [4.78, 5) is 28.7. The zero-order valence-corrected chi connectivity index (χ0v) is 13.6. The molecule has 1 aromatic rings. The topological polar surface area (TPSA) is 52.7 Å². The highest BCUT2D eigenvalue weighted by Crippen LogP contribution is 2.46. The highest BCUT2D eigenvalue weighted by molar-refractivity contribution is 6.08. The molecule has 2 aliphatic rings. The highest BCUT2D eigenvalue weighted by Gasteiger charge is 2.54. The normalized spacial score (nSPS) is 24.1. The number of hydrogen-bond donors (Lipinski definition) is 1. The molecule has 1 N–H and O–H groups in total. The molecule has 5 nitrogen and oxygen atoms in total. The Labute approximate surface area is 131 Å². The molecule has 2 aliphatic heterocycles. The van der Waals surface area contributed by atoms with Gasteiger partial charge in [0.25, 0.3) is 0 Å². The van der Waals surface area contributed by atoms with E-state index in [0.29, 0.717) is 19.5 Å². The number of urea groups is 1. The number of nitrogens with one attached hydrogen (secondary N) is 1. The van der Waals surface area contributed by atoms with Crippen molar-refractivity contribution in [2.24, 2.45) is 0 Å². The van der Waals surface area contributed by atoms with Gasteiger partial charge >= 0.3 is 6.03 Å². The average molecular weight is 301 g/mol. The number of hydrogen-bond acceptors (Lipinski definition) is 2. The zero-order valence-electron chi connectivity index (χ0n) is 13.6.